The zero-order valence-electron chi connectivity index (χ0n) is 15.0. The van der Waals surface area contributed by atoms with Crippen molar-refractivity contribution in [2.24, 2.45) is 0 Å². The van der Waals surface area contributed by atoms with Crippen molar-refractivity contribution in [3.8, 4) is 11.1 Å². The summed E-state index contributed by atoms with van der Waals surface area (Å²) >= 11 is 3.21. The van der Waals surface area contributed by atoms with Gasteiger partial charge in [0.1, 0.15) is 0 Å². The average molecular weight is 279 g/mol. The minimum Gasteiger partial charge on any atom is -0.0619 e. The Hall–Kier alpha value is -1.08. The molecule has 80 valence electrons. The number of hydrogen-bond donors (Lipinski definition) is 0. The molecule has 0 bridgehead atoms. The lowest BCUT2D eigenvalue weighted by molar-refractivity contribution is 0.660. The molecule has 0 heterocycles. The molecule has 0 radical (unpaired) electrons. The third kappa shape index (κ3) is 1.21. The number of hydrogen-bond acceptors (Lipinski definition) is 0. The Balaban J connectivity index is 2.58. The predicted octanol–water partition coefficient (Wildman–Crippen LogP) is 4.76. The standard InChI is InChI=1S/C15H13Br/c1-15(2)13-6-4-3-5-11(13)12-8-7-10(16)9-14(12)15/h3-9H,1-2H3/i3D,4D,5D,7D,8D,9D. The summed E-state index contributed by atoms with van der Waals surface area (Å²) in [5.74, 6) is 0. The summed E-state index contributed by atoms with van der Waals surface area (Å²) in [6.45, 7) is 3.77. The molecular formula is C15H13Br. The zero-order chi connectivity index (χ0) is 16.6. The van der Waals surface area contributed by atoms with Crippen molar-refractivity contribution in [2.45, 2.75) is 19.3 Å². The van der Waals surface area contributed by atoms with Gasteiger partial charge in [0.15, 0.2) is 0 Å². The van der Waals surface area contributed by atoms with Crippen molar-refractivity contribution in [1.82, 2.24) is 0 Å². The highest BCUT2D eigenvalue weighted by molar-refractivity contribution is 9.10. The SMILES string of the molecule is [2H]c1cc2c(c([2H])c1[2H])-c1c([2H])c([2H])c(Br)c([2H])c1C2(C)C. The molecule has 1 heteroatoms. The Morgan fingerprint density at radius 1 is 1.06 bits per heavy atom. The van der Waals surface area contributed by atoms with Crippen molar-refractivity contribution in [3.05, 3.63) is 57.9 Å². The third-order valence-corrected chi connectivity index (χ3v) is 3.47. The van der Waals surface area contributed by atoms with E-state index in [4.69, 9.17) is 8.22 Å². The maximum atomic E-state index is 8.32. The van der Waals surface area contributed by atoms with E-state index in [1.54, 1.807) is 6.07 Å². The van der Waals surface area contributed by atoms with Gasteiger partial charge in [-0.3, -0.25) is 0 Å². The van der Waals surface area contributed by atoms with Gasteiger partial charge in [-0.25, -0.2) is 0 Å². The summed E-state index contributed by atoms with van der Waals surface area (Å²) in [6, 6.07) is 1.21. The molecule has 0 atom stereocenters. The Bertz CT molecular complexity index is 841. The molecule has 0 fully saturated rings. The van der Waals surface area contributed by atoms with Gasteiger partial charge in [-0.05, 0) is 34.3 Å². The summed E-state index contributed by atoms with van der Waals surface area (Å²) in [4.78, 5) is 0. The van der Waals surface area contributed by atoms with Gasteiger partial charge in [-0.1, -0.05) is 60.0 Å². The largest absolute Gasteiger partial charge is 0.0638 e. The molecule has 0 unspecified atom stereocenters. The van der Waals surface area contributed by atoms with Crippen LogP contribution < -0.4 is 0 Å². The molecule has 2 aromatic carbocycles. The van der Waals surface area contributed by atoms with Gasteiger partial charge in [-0.15, -0.1) is 0 Å². The molecule has 0 spiro atoms. The first-order chi connectivity index (χ1) is 10.1. The van der Waals surface area contributed by atoms with Crippen molar-refractivity contribution in [2.75, 3.05) is 0 Å². The highest BCUT2D eigenvalue weighted by atomic mass is 79.9. The summed E-state index contributed by atoms with van der Waals surface area (Å²) in [5.41, 5.74) is 1.41. The van der Waals surface area contributed by atoms with E-state index in [1.807, 2.05) is 13.8 Å². The van der Waals surface area contributed by atoms with Gasteiger partial charge in [-0.2, -0.15) is 0 Å². The topological polar surface area (TPSA) is 0 Å². The van der Waals surface area contributed by atoms with Crippen molar-refractivity contribution >= 4 is 15.9 Å². The smallest absolute Gasteiger partial charge is 0.0619 e. The quantitative estimate of drug-likeness (QED) is 0.652. The van der Waals surface area contributed by atoms with Crippen LogP contribution in [0.5, 0.6) is 0 Å². The molecule has 0 saturated heterocycles. The van der Waals surface area contributed by atoms with E-state index >= 15 is 0 Å². The van der Waals surface area contributed by atoms with E-state index in [0.29, 0.717) is 22.3 Å². The van der Waals surface area contributed by atoms with E-state index in [2.05, 4.69) is 15.9 Å². The molecule has 0 aromatic heterocycles. The van der Waals surface area contributed by atoms with Crippen LogP contribution in [0, 0.1) is 0 Å². The van der Waals surface area contributed by atoms with Crippen molar-refractivity contribution < 1.29 is 8.22 Å². The zero-order valence-corrected chi connectivity index (χ0v) is 10.5. The van der Waals surface area contributed by atoms with Gasteiger partial charge < -0.3 is 0 Å². The molecule has 0 amide bonds. The maximum Gasteiger partial charge on any atom is 0.0638 e. The lowest BCUT2D eigenvalue weighted by Gasteiger charge is -2.21. The lowest BCUT2D eigenvalue weighted by atomic mass is 9.82. The van der Waals surface area contributed by atoms with Crippen molar-refractivity contribution in [3.63, 3.8) is 0 Å². The molecule has 0 aliphatic heterocycles. The lowest BCUT2D eigenvalue weighted by Crippen LogP contribution is -2.14. The van der Waals surface area contributed by atoms with E-state index in [9.17, 15) is 0 Å². The van der Waals surface area contributed by atoms with Gasteiger partial charge in [0.2, 0.25) is 0 Å². The second kappa shape index (κ2) is 3.21. The Labute approximate surface area is 113 Å². The first kappa shape index (κ1) is 5.50. The third-order valence-electron chi connectivity index (χ3n) is 3.08. The minimum absolute atomic E-state index is 0.0344. The van der Waals surface area contributed by atoms with Crippen LogP contribution in [0.2, 0.25) is 0 Å². The Kier molecular flexibility index (Phi) is 1.10. The normalized spacial score (nSPS) is 20.9. The van der Waals surface area contributed by atoms with E-state index in [0.717, 1.165) is 0 Å². The molecule has 16 heavy (non-hydrogen) atoms. The number of rotatable bonds is 0. The summed E-state index contributed by atoms with van der Waals surface area (Å²) in [5, 5.41) is 0. The molecule has 3 rings (SSSR count). The number of fused-ring (bicyclic) bond motifs is 3. The molecule has 0 saturated carbocycles. The first-order valence-corrected chi connectivity index (χ1v) is 5.81. The monoisotopic (exact) mass is 278 g/mol. The van der Waals surface area contributed by atoms with Crippen LogP contribution in [0.1, 0.15) is 33.2 Å². The first-order valence-electron chi connectivity index (χ1n) is 8.02. The highest BCUT2D eigenvalue weighted by Gasteiger charge is 2.34. The molecule has 2 aromatic rings. The molecule has 1 aliphatic rings. The van der Waals surface area contributed by atoms with Crippen LogP contribution in [0.15, 0.2) is 46.8 Å². The molecule has 0 nitrogen and oxygen atoms in total. The van der Waals surface area contributed by atoms with Crippen molar-refractivity contribution in [1.29, 1.82) is 0 Å². The fraction of sp³-hybridized carbons (Fsp3) is 0.200. The predicted molar refractivity (Wildman–Crippen MR) is 71.7 cm³/mol. The summed E-state index contributed by atoms with van der Waals surface area (Å²) in [7, 11) is 0. The van der Waals surface area contributed by atoms with Crippen LogP contribution in [0.3, 0.4) is 0 Å². The van der Waals surface area contributed by atoms with E-state index in [1.165, 1.54) is 0 Å². The van der Waals surface area contributed by atoms with E-state index < -0.39 is 5.41 Å². The second-order valence-corrected chi connectivity index (χ2v) is 5.18. The fourth-order valence-electron chi connectivity index (χ4n) is 2.21. The summed E-state index contributed by atoms with van der Waals surface area (Å²) < 4.78 is 48.7. The number of halogens is 1. The van der Waals surface area contributed by atoms with Gasteiger partial charge >= 0.3 is 0 Å². The van der Waals surface area contributed by atoms with Gasteiger partial charge in [0, 0.05) is 9.89 Å². The summed E-state index contributed by atoms with van der Waals surface area (Å²) in [6.07, 6.45) is 0. The van der Waals surface area contributed by atoms with Crippen LogP contribution in [0.25, 0.3) is 11.1 Å². The Morgan fingerprint density at radius 2 is 1.81 bits per heavy atom. The van der Waals surface area contributed by atoms with E-state index in [-0.39, 0.29) is 40.7 Å². The van der Waals surface area contributed by atoms with Crippen LogP contribution in [-0.2, 0) is 5.41 Å². The van der Waals surface area contributed by atoms with Gasteiger partial charge in [0.05, 0.1) is 8.22 Å². The average Bonchev–Trinajstić information content (AvgIpc) is 2.68. The van der Waals surface area contributed by atoms with Crippen LogP contribution in [-0.4, -0.2) is 0 Å². The number of benzene rings is 2. The molecule has 1 aliphatic carbocycles. The maximum absolute atomic E-state index is 8.32. The second-order valence-electron chi connectivity index (χ2n) is 4.39. The molecule has 0 N–H and O–H groups in total. The highest BCUT2D eigenvalue weighted by Crippen LogP contribution is 2.48. The Morgan fingerprint density at radius 3 is 2.62 bits per heavy atom. The fourth-order valence-corrected chi connectivity index (χ4v) is 2.51. The van der Waals surface area contributed by atoms with Crippen LogP contribution >= 0.6 is 15.9 Å². The van der Waals surface area contributed by atoms with Crippen LogP contribution in [0.4, 0.5) is 0 Å². The molecular weight excluding hydrogens is 260 g/mol. The van der Waals surface area contributed by atoms with Gasteiger partial charge in [0.25, 0.3) is 0 Å². The minimum atomic E-state index is -0.646.